The van der Waals surface area contributed by atoms with Gasteiger partial charge < -0.3 is 10.0 Å². The molecule has 0 saturated carbocycles. The number of carbonyl (C=O) groups is 1. The van der Waals surface area contributed by atoms with E-state index in [2.05, 4.69) is 0 Å². The molecule has 0 unspecified atom stereocenters. The summed E-state index contributed by atoms with van der Waals surface area (Å²) in [5, 5.41) is 17.5. The number of hydrogen-bond donors (Lipinski definition) is 1. The van der Waals surface area contributed by atoms with E-state index in [4.69, 9.17) is 10.4 Å². The maximum absolute atomic E-state index is 11.4. The molecule has 1 aliphatic rings. The largest absolute Gasteiger partial charge is 0.396 e. The first kappa shape index (κ1) is 11.0. The molecule has 1 fully saturated rings. The molecule has 0 aromatic rings. The smallest absolute Gasteiger partial charge is 0.236 e. The summed E-state index contributed by atoms with van der Waals surface area (Å²) >= 11 is 0. The van der Waals surface area contributed by atoms with Crippen molar-refractivity contribution < 1.29 is 9.90 Å². The normalized spacial score (nSPS) is 24.7. The Hall–Kier alpha value is -1.08. The van der Waals surface area contributed by atoms with Crippen molar-refractivity contribution in [2.45, 2.75) is 20.3 Å². The Kier molecular flexibility index (Phi) is 3.12. The summed E-state index contributed by atoms with van der Waals surface area (Å²) in [4.78, 5) is 13.1. The lowest BCUT2D eigenvalue weighted by Crippen LogP contribution is -2.29. The van der Waals surface area contributed by atoms with E-state index in [1.54, 1.807) is 4.90 Å². The second kappa shape index (κ2) is 3.97. The molecule has 0 aromatic carbocycles. The molecule has 4 heteroatoms. The molecule has 1 heterocycles. The predicted octanol–water partition coefficient (Wildman–Crippen LogP) is 0.377. The minimum absolute atomic E-state index is 0.0418. The fourth-order valence-corrected chi connectivity index (χ4v) is 1.87. The number of hydrogen-bond acceptors (Lipinski definition) is 3. The Labute approximate surface area is 84.1 Å². The first-order valence-corrected chi connectivity index (χ1v) is 4.77. The monoisotopic (exact) mass is 196 g/mol. The highest BCUT2D eigenvalue weighted by Crippen LogP contribution is 2.34. The van der Waals surface area contributed by atoms with Crippen LogP contribution in [-0.2, 0) is 4.79 Å². The molecule has 0 radical (unpaired) electrons. The van der Waals surface area contributed by atoms with Gasteiger partial charge in [0.2, 0.25) is 5.91 Å². The van der Waals surface area contributed by atoms with Gasteiger partial charge in [0, 0.05) is 25.6 Å². The highest BCUT2D eigenvalue weighted by Gasteiger charge is 2.40. The molecule has 1 saturated heterocycles. The van der Waals surface area contributed by atoms with Crippen molar-refractivity contribution in [3.8, 4) is 6.07 Å². The second-order valence-corrected chi connectivity index (χ2v) is 4.48. The minimum Gasteiger partial charge on any atom is -0.396 e. The van der Waals surface area contributed by atoms with E-state index < -0.39 is 0 Å². The molecular weight excluding hydrogens is 180 g/mol. The van der Waals surface area contributed by atoms with Gasteiger partial charge in [-0.05, 0) is 5.41 Å². The van der Waals surface area contributed by atoms with Crippen molar-refractivity contribution in [1.29, 1.82) is 5.26 Å². The average Bonchev–Trinajstić information content (AvgIpc) is 2.41. The van der Waals surface area contributed by atoms with Crippen LogP contribution in [0, 0.1) is 22.7 Å². The Balaban J connectivity index is 2.63. The van der Waals surface area contributed by atoms with E-state index in [0.717, 1.165) is 0 Å². The molecule has 1 aliphatic heterocycles. The molecule has 78 valence electrons. The summed E-state index contributed by atoms with van der Waals surface area (Å²) in [5.41, 5.74) is -0.0418. The molecule has 0 aromatic heterocycles. The number of rotatable bonds is 2. The molecule has 1 amide bonds. The third-order valence-corrected chi connectivity index (χ3v) is 2.95. The SMILES string of the molecule is CC1(C)CN(C(=O)CC#N)C[C@@H]1CO. The molecule has 0 bridgehead atoms. The van der Waals surface area contributed by atoms with Crippen molar-refractivity contribution in [2.24, 2.45) is 11.3 Å². The third kappa shape index (κ3) is 2.05. The lowest BCUT2D eigenvalue weighted by Gasteiger charge is -2.23. The van der Waals surface area contributed by atoms with Gasteiger partial charge in [-0.2, -0.15) is 5.26 Å². The average molecular weight is 196 g/mol. The van der Waals surface area contributed by atoms with Crippen LogP contribution in [0.4, 0.5) is 0 Å². The van der Waals surface area contributed by atoms with Gasteiger partial charge in [0.05, 0.1) is 6.07 Å². The van der Waals surface area contributed by atoms with Gasteiger partial charge in [-0.15, -0.1) is 0 Å². The summed E-state index contributed by atoms with van der Waals surface area (Å²) in [6.45, 7) is 5.38. The van der Waals surface area contributed by atoms with E-state index in [1.807, 2.05) is 19.9 Å². The Morgan fingerprint density at radius 1 is 1.71 bits per heavy atom. The van der Waals surface area contributed by atoms with E-state index >= 15 is 0 Å². The quantitative estimate of drug-likeness (QED) is 0.694. The van der Waals surface area contributed by atoms with Crippen LogP contribution in [0.3, 0.4) is 0 Å². The van der Waals surface area contributed by atoms with Crippen LogP contribution in [0.5, 0.6) is 0 Å². The molecule has 1 N–H and O–H groups in total. The molecule has 0 spiro atoms. The molecule has 14 heavy (non-hydrogen) atoms. The van der Waals surface area contributed by atoms with Crippen LogP contribution < -0.4 is 0 Å². The first-order valence-electron chi connectivity index (χ1n) is 4.77. The zero-order valence-corrected chi connectivity index (χ0v) is 8.66. The van der Waals surface area contributed by atoms with Gasteiger partial charge in [0.25, 0.3) is 0 Å². The molecule has 4 nitrogen and oxygen atoms in total. The molecular formula is C10H16N2O2. The lowest BCUT2D eigenvalue weighted by molar-refractivity contribution is -0.129. The summed E-state index contributed by atoms with van der Waals surface area (Å²) in [7, 11) is 0. The highest BCUT2D eigenvalue weighted by atomic mass is 16.3. The maximum Gasteiger partial charge on any atom is 0.236 e. The van der Waals surface area contributed by atoms with E-state index in [-0.39, 0.29) is 30.3 Å². The summed E-state index contributed by atoms with van der Waals surface area (Å²) in [6, 6.07) is 1.85. The van der Waals surface area contributed by atoms with Crippen LogP contribution in [0.1, 0.15) is 20.3 Å². The van der Waals surface area contributed by atoms with Crippen molar-refractivity contribution in [2.75, 3.05) is 19.7 Å². The van der Waals surface area contributed by atoms with Crippen LogP contribution >= 0.6 is 0 Å². The van der Waals surface area contributed by atoms with Crippen LogP contribution in [-0.4, -0.2) is 35.6 Å². The topological polar surface area (TPSA) is 64.3 Å². The van der Waals surface area contributed by atoms with Crippen molar-refractivity contribution in [3.63, 3.8) is 0 Å². The number of nitriles is 1. The maximum atomic E-state index is 11.4. The Morgan fingerprint density at radius 2 is 2.36 bits per heavy atom. The first-order chi connectivity index (χ1) is 6.51. The Bertz CT molecular complexity index is 268. The lowest BCUT2D eigenvalue weighted by atomic mass is 9.83. The number of likely N-dealkylation sites (tertiary alicyclic amines) is 1. The van der Waals surface area contributed by atoms with E-state index in [1.165, 1.54) is 0 Å². The number of aliphatic hydroxyl groups excluding tert-OH is 1. The summed E-state index contributed by atoms with van der Waals surface area (Å²) in [5.74, 6) is 0.00154. The van der Waals surface area contributed by atoms with Crippen LogP contribution in [0.25, 0.3) is 0 Å². The number of amides is 1. The molecule has 1 atom stereocenters. The van der Waals surface area contributed by atoms with Crippen molar-refractivity contribution in [1.82, 2.24) is 4.90 Å². The predicted molar refractivity (Wildman–Crippen MR) is 51.2 cm³/mol. The van der Waals surface area contributed by atoms with Crippen molar-refractivity contribution >= 4 is 5.91 Å². The molecule has 1 rings (SSSR count). The molecule has 0 aliphatic carbocycles. The minimum atomic E-state index is -0.128. The zero-order valence-electron chi connectivity index (χ0n) is 8.66. The van der Waals surface area contributed by atoms with Crippen LogP contribution in [0.15, 0.2) is 0 Å². The number of nitrogens with zero attached hydrogens (tertiary/aromatic N) is 2. The summed E-state index contributed by atoms with van der Waals surface area (Å²) < 4.78 is 0. The summed E-state index contributed by atoms with van der Waals surface area (Å²) in [6.07, 6.45) is -0.0613. The number of carbonyl (C=O) groups excluding carboxylic acids is 1. The van der Waals surface area contributed by atoms with E-state index in [0.29, 0.717) is 13.1 Å². The Morgan fingerprint density at radius 3 is 2.79 bits per heavy atom. The van der Waals surface area contributed by atoms with Gasteiger partial charge in [-0.1, -0.05) is 13.8 Å². The van der Waals surface area contributed by atoms with Crippen molar-refractivity contribution in [3.05, 3.63) is 0 Å². The fraction of sp³-hybridized carbons (Fsp3) is 0.800. The second-order valence-electron chi connectivity index (χ2n) is 4.48. The third-order valence-electron chi connectivity index (χ3n) is 2.95. The van der Waals surface area contributed by atoms with Gasteiger partial charge in [-0.3, -0.25) is 4.79 Å². The fourth-order valence-electron chi connectivity index (χ4n) is 1.87. The van der Waals surface area contributed by atoms with Gasteiger partial charge in [-0.25, -0.2) is 0 Å². The van der Waals surface area contributed by atoms with Gasteiger partial charge >= 0.3 is 0 Å². The number of aliphatic hydroxyl groups is 1. The van der Waals surface area contributed by atoms with E-state index in [9.17, 15) is 4.79 Å². The van der Waals surface area contributed by atoms with Crippen LogP contribution in [0.2, 0.25) is 0 Å². The van der Waals surface area contributed by atoms with Gasteiger partial charge in [0.1, 0.15) is 6.42 Å². The standard InChI is InChI=1S/C10H16N2O2/c1-10(2)7-12(5-8(10)6-13)9(14)3-4-11/h8,13H,3,5-7H2,1-2H3/t8-/m1/s1. The highest BCUT2D eigenvalue weighted by molar-refractivity contribution is 5.78. The van der Waals surface area contributed by atoms with Gasteiger partial charge in [0.15, 0.2) is 0 Å². The zero-order chi connectivity index (χ0) is 10.8.